The van der Waals surface area contributed by atoms with Gasteiger partial charge in [-0.15, -0.1) is 0 Å². The minimum Gasteiger partial charge on any atom is -0.241 e. The zero-order valence-electron chi connectivity index (χ0n) is 13.3. The van der Waals surface area contributed by atoms with E-state index in [-0.39, 0.29) is 6.04 Å². The van der Waals surface area contributed by atoms with E-state index in [0.717, 1.165) is 22.5 Å². The van der Waals surface area contributed by atoms with Crippen LogP contribution in [-0.2, 0) is 0 Å². The lowest BCUT2D eigenvalue weighted by atomic mass is 9.99. The highest BCUT2D eigenvalue weighted by molar-refractivity contribution is 5.39. The third-order valence-electron chi connectivity index (χ3n) is 4.16. The second-order valence-electron chi connectivity index (χ2n) is 5.62. The Kier molecular flexibility index (Phi) is 3.67. The van der Waals surface area contributed by atoms with Crippen molar-refractivity contribution in [3.05, 3.63) is 96.3 Å². The van der Waals surface area contributed by atoms with Crippen LogP contribution in [0.1, 0.15) is 22.9 Å². The first-order valence-electron chi connectivity index (χ1n) is 7.83. The molecule has 2 aromatic heterocycles. The van der Waals surface area contributed by atoms with Gasteiger partial charge in [0.15, 0.2) is 0 Å². The highest BCUT2D eigenvalue weighted by Crippen LogP contribution is 2.29. The number of para-hydroxylation sites is 1. The van der Waals surface area contributed by atoms with Gasteiger partial charge >= 0.3 is 0 Å². The predicted octanol–water partition coefficient (Wildman–Crippen LogP) is 3.41. The van der Waals surface area contributed by atoms with Gasteiger partial charge in [-0.3, -0.25) is 0 Å². The van der Waals surface area contributed by atoms with Crippen molar-refractivity contribution < 1.29 is 0 Å². The van der Waals surface area contributed by atoms with Crippen LogP contribution in [0.2, 0.25) is 0 Å². The number of aromatic nitrogens is 5. The van der Waals surface area contributed by atoms with Crippen LogP contribution in [0.15, 0.2) is 79.5 Å². The van der Waals surface area contributed by atoms with E-state index < -0.39 is 0 Å². The molecule has 0 aliphatic heterocycles. The van der Waals surface area contributed by atoms with Crippen molar-refractivity contribution in [3.63, 3.8) is 0 Å². The summed E-state index contributed by atoms with van der Waals surface area (Å²) in [5, 5.41) is 8.96. The topological polar surface area (TPSA) is 48.5 Å². The molecule has 0 spiro atoms. The molecule has 0 saturated heterocycles. The summed E-state index contributed by atoms with van der Waals surface area (Å²) >= 11 is 0. The number of rotatable bonds is 4. The lowest BCUT2D eigenvalue weighted by Gasteiger charge is -2.17. The Morgan fingerprint density at radius 3 is 2.25 bits per heavy atom. The molecular formula is C19H17N5. The molecule has 4 rings (SSSR count). The van der Waals surface area contributed by atoms with E-state index in [0.29, 0.717) is 0 Å². The second kappa shape index (κ2) is 6.12. The number of benzene rings is 2. The lowest BCUT2D eigenvalue weighted by Crippen LogP contribution is -2.14. The van der Waals surface area contributed by atoms with Crippen LogP contribution < -0.4 is 0 Å². The van der Waals surface area contributed by atoms with Gasteiger partial charge in [-0.05, 0) is 24.6 Å². The summed E-state index contributed by atoms with van der Waals surface area (Å²) in [7, 11) is 0. The second-order valence-corrected chi connectivity index (χ2v) is 5.62. The molecule has 118 valence electrons. The molecule has 0 aliphatic rings. The van der Waals surface area contributed by atoms with Gasteiger partial charge in [0.2, 0.25) is 0 Å². The Balaban J connectivity index is 1.84. The molecule has 0 bridgehead atoms. The van der Waals surface area contributed by atoms with Gasteiger partial charge in [0, 0.05) is 11.3 Å². The summed E-state index contributed by atoms with van der Waals surface area (Å²) in [5.41, 5.74) is 4.39. The summed E-state index contributed by atoms with van der Waals surface area (Å²) in [6, 6.07) is 20.4. The summed E-state index contributed by atoms with van der Waals surface area (Å²) in [5.74, 6) is 0. The van der Waals surface area contributed by atoms with Crippen LogP contribution in [0, 0.1) is 6.92 Å². The maximum Gasteiger partial charge on any atom is 0.137 e. The van der Waals surface area contributed by atoms with Gasteiger partial charge in [0.1, 0.15) is 18.7 Å². The molecule has 2 heterocycles. The zero-order chi connectivity index (χ0) is 16.4. The Bertz CT molecular complexity index is 911. The quantitative estimate of drug-likeness (QED) is 0.580. The van der Waals surface area contributed by atoms with Crippen LogP contribution in [0.3, 0.4) is 0 Å². The van der Waals surface area contributed by atoms with Crippen LogP contribution in [-0.4, -0.2) is 24.5 Å². The highest BCUT2D eigenvalue weighted by Gasteiger charge is 2.22. The third-order valence-corrected chi connectivity index (χ3v) is 4.16. The van der Waals surface area contributed by atoms with Gasteiger partial charge in [0.25, 0.3) is 0 Å². The van der Waals surface area contributed by atoms with E-state index >= 15 is 0 Å². The van der Waals surface area contributed by atoms with Crippen molar-refractivity contribution in [2.75, 3.05) is 0 Å². The van der Waals surface area contributed by atoms with Crippen molar-refractivity contribution in [1.29, 1.82) is 0 Å². The third kappa shape index (κ3) is 2.50. The first-order valence-corrected chi connectivity index (χ1v) is 7.83. The molecule has 1 unspecified atom stereocenters. The fourth-order valence-electron chi connectivity index (χ4n) is 2.98. The summed E-state index contributed by atoms with van der Waals surface area (Å²) < 4.78 is 3.83. The Labute approximate surface area is 140 Å². The molecule has 0 radical (unpaired) electrons. The minimum atomic E-state index is -0.0498. The molecular weight excluding hydrogens is 298 g/mol. The molecule has 0 saturated carbocycles. The van der Waals surface area contributed by atoms with Crippen LogP contribution in [0.5, 0.6) is 0 Å². The van der Waals surface area contributed by atoms with Gasteiger partial charge in [-0.25, -0.2) is 14.3 Å². The summed E-state index contributed by atoms with van der Waals surface area (Å²) in [6.45, 7) is 2.09. The Morgan fingerprint density at radius 2 is 1.58 bits per heavy atom. The molecule has 2 aromatic carbocycles. The Hall–Kier alpha value is -3.21. The van der Waals surface area contributed by atoms with E-state index in [4.69, 9.17) is 0 Å². The van der Waals surface area contributed by atoms with Gasteiger partial charge < -0.3 is 0 Å². The molecule has 4 aromatic rings. The standard InChI is InChI=1S/C19H17N5/c1-15-18(12-21-24(15)17-10-6-3-7-11-17)19(23-14-20-13-22-23)16-8-4-2-5-9-16/h2-14,19H,1H3. The molecule has 5 nitrogen and oxygen atoms in total. The van der Waals surface area contributed by atoms with E-state index in [2.05, 4.69) is 46.4 Å². The fourth-order valence-corrected chi connectivity index (χ4v) is 2.98. The van der Waals surface area contributed by atoms with Crippen LogP contribution >= 0.6 is 0 Å². The zero-order valence-corrected chi connectivity index (χ0v) is 13.3. The molecule has 0 aliphatic carbocycles. The number of hydrogen-bond donors (Lipinski definition) is 0. The molecule has 0 fully saturated rings. The molecule has 0 N–H and O–H groups in total. The first kappa shape index (κ1) is 14.4. The van der Waals surface area contributed by atoms with Crippen LogP contribution in [0.25, 0.3) is 5.69 Å². The van der Waals surface area contributed by atoms with E-state index in [9.17, 15) is 0 Å². The van der Waals surface area contributed by atoms with Crippen molar-refractivity contribution in [1.82, 2.24) is 24.5 Å². The summed E-state index contributed by atoms with van der Waals surface area (Å²) in [6.07, 6.45) is 5.23. The average Bonchev–Trinajstić information content (AvgIpc) is 3.28. The average molecular weight is 315 g/mol. The van der Waals surface area contributed by atoms with E-state index in [1.807, 2.05) is 52.0 Å². The van der Waals surface area contributed by atoms with E-state index in [1.54, 1.807) is 12.7 Å². The SMILES string of the molecule is Cc1c(C(c2ccccc2)n2cncn2)cnn1-c1ccccc1. The smallest absolute Gasteiger partial charge is 0.137 e. The Morgan fingerprint density at radius 1 is 0.875 bits per heavy atom. The molecule has 24 heavy (non-hydrogen) atoms. The fraction of sp³-hybridized carbons (Fsp3) is 0.105. The van der Waals surface area contributed by atoms with Gasteiger partial charge in [-0.2, -0.15) is 10.2 Å². The van der Waals surface area contributed by atoms with E-state index in [1.165, 1.54) is 0 Å². The molecule has 5 heteroatoms. The number of nitrogens with zero attached hydrogens (tertiary/aromatic N) is 5. The van der Waals surface area contributed by atoms with Crippen molar-refractivity contribution in [2.24, 2.45) is 0 Å². The number of hydrogen-bond acceptors (Lipinski definition) is 3. The lowest BCUT2D eigenvalue weighted by molar-refractivity contribution is 0.590. The van der Waals surface area contributed by atoms with Crippen molar-refractivity contribution in [3.8, 4) is 5.69 Å². The molecule has 0 amide bonds. The maximum absolute atomic E-state index is 4.60. The van der Waals surface area contributed by atoms with Gasteiger partial charge in [0.05, 0.1) is 11.9 Å². The highest BCUT2D eigenvalue weighted by atomic mass is 15.3. The monoisotopic (exact) mass is 315 g/mol. The van der Waals surface area contributed by atoms with Gasteiger partial charge in [-0.1, -0.05) is 48.5 Å². The largest absolute Gasteiger partial charge is 0.241 e. The van der Waals surface area contributed by atoms with Crippen LogP contribution in [0.4, 0.5) is 0 Å². The van der Waals surface area contributed by atoms with Crippen molar-refractivity contribution >= 4 is 0 Å². The molecule has 1 atom stereocenters. The van der Waals surface area contributed by atoms with Crippen molar-refractivity contribution in [2.45, 2.75) is 13.0 Å². The first-order chi connectivity index (χ1) is 11.8. The maximum atomic E-state index is 4.60. The minimum absolute atomic E-state index is 0.0498. The summed E-state index contributed by atoms with van der Waals surface area (Å²) in [4.78, 5) is 4.11. The normalized spacial score (nSPS) is 12.2. The predicted molar refractivity (Wildman–Crippen MR) is 92.0 cm³/mol.